The quantitative estimate of drug-likeness (QED) is 0.210. The number of methoxy groups -OCH3 is 1. The molecule has 37 heavy (non-hydrogen) atoms. The van der Waals surface area contributed by atoms with E-state index in [0.717, 1.165) is 22.1 Å². The fourth-order valence-corrected chi connectivity index (χ4v) is 4.97. The molecule has 1 amide bonds. The van der Waals surface area contributed by atoms with Gasteiger partial charge in [0, 0.05) is 28.3 Å². The third-order valence-electron chi connectivity index (χ3n) is 5.61. The number of ether oxygens (including phenoxy) is 1. The van der Waals surface area contributed by atoms with E-state index in [9.17, 15) is 14.4 Å². The summed E-state index contributed by atoms with van der Waals surface area (Å²) in [5.74, 6) is 0.496. The molecule has 0 saturated heterocycles. The molecule has 2 N–H and O–H groups in total. The molecule has 192 valence electrons. The number of hydrogen-bond acceptors (Lipinski definition) is 7. The second-order valence-electron chi connectivity index (χ2n) is 9.86. The fourth-order valence-electron chi connectivity index (χ4n) is 4.13. The molecule has 0 unspecified atom stereocenters. The molecule has 0 aliphatic carbocycles. The molecule has 2 aromatic heterocycles. The zero-order valence-corrected chi connectivity index (χ0v) is 22.5. The lowest BCUT2D eigenvalue weighted by molar-refractivity contribution is 0.0918. The second-order valence-corrected chi connectivity index (χ2v) is 10.8. The van der Waals surface area contributed by atoms with Crippen LogP contribution in [0.5, 0.6) is 5.75 Å². The molecule has 0 aliphatic rings. The molecule has 2 heterocycles. The van der Waals surface area contributed by atoms with Gasteiger partial charge >= 0.3 is 5.63 Å². The molecule has 0 spiro atoms. The number of nitrogens with one attached hydrogen (secondary N) is 2. The first-order valence-corrected chi connectivity index (χ1v) is 12.7. The maximum absolute atomic E-state index is 13.2. The molecule has 0 fully saturated rings. The van der Waals surface area contributed by atoms with E-state index in [4.69, 9.17) is 9.15 Å². The number of carbonyl (C=O) groups is 1. The van der Waals surface area contributed by atoms with Gasteiger partial charge in [0.2, 0.25) is 0 Å². The predicted octanol–water partition coefficient (Wildman–Crippen LogP) is 4.99. The number of thioether (sulfide) groups is 1. The lowest BCUT2D eigenvalue weighted by Crippen LogP contribution is -2.43. The number of nitrogens with zero attached hydrogens (tertiary/aromatic N) is 1. The summed E-state index contributed by atoms with van der Waals surface area (Å²) in [6.07, 6.45) is 0. The van der Waals surface area contributed by atoms with Crippen molar-refractivity contribution in [1.29, 1.82) is 0 Å². The van der Waals surface area contributed by atoms with E-state index >= 15 is 0 Å². The van der Waals surface area contributed by atoms with E-state index < -0.39 is 22.6 Å². The lowest BCUT2D eigenvalue weighted by atomic mass is 10.0. The van der Waals surface area contributed by atoms with Crippen molar-refractivity contribution in [2.45, 2.75) is 51.1 Å². The third kappa shape index (κ3) is 5.94. The minimum atomic E-state index is -0.547. The zero-order chi connectivity index (χ0) is 26.9. The van der Waals surface area contributed by atoms with E-state index in [1.54, 1.807) is 31.4 Å². The van der Waals surface area contributed by atoms with E-state index in [0.29, 0.717) is 27.8 Å². The van der Waals surface area contributed by atoms with Gasteiger partial charge in [0.15, 0.2) is 5.16 Å². The smallest absolute Gasteiger partial charge is 0.336 e. The fraction of sp³-hybridized carbons (Fsp3) is 0.286. The first-order valence-electron chi connectivity index (χ1n) is 11.7. The van der Waals surface area contributed by atoms with Crippen LogP contribution in [0.25, 0.3) is 22.2 Å². The number of aryl methyl sites for hydroxylation is 2. The Morgan fingerprint density at radius 3 is 2.46 bits per heavy atom. The summed E-state index contributed by atoms with van der Waals surface area (Å²) in [5.41, 5.74) is 2.55. The number of carbonyl (C=O) groups excluding carboxylic acids is 1. The number of aromatic amines is 1. The zero-order valence-electron chi connectivity index (χ0n) is 21.6. The van der Waals surface area contributed by atoms with Crippen LogP contribution in [0.2, 0.25) is 0 Å². The summed E-state index contributed by atoms with van der Waals surface area (Å²) < 4.78 is 10.7. The van der Waals surface area contributed by atoms with Gasteiger partial charge in [-0.25, -0.2) is 9.78 Å². The molecule has 9 heteroatoms. The molecular formula is C28H29N3O5S. The highest BCUT2D eigenvalue weighted by Crippen LogP contribution is 2.29. The van der Waals surface area contributed by atoms with Crippen LogP contribution < -0.4 is 21.2 Å². The van der Waals surface area contributed by atoms with Crippen LogP contribution in [0.1, 0.15) is 47.8 Å². The van der Waals surface area contributed by atoms with Crippen molar-refractivity contribution >= 4 is 28.6 Å². The van der Waals surface area contributed by atoms with Crippen molar-refractivity contribution < 1.29 is 13.9 Å². The van der Waals surface area contributed by atoms with Gasteiger partial charge in [0.25, 0.3) is 11.5 Å². The van der Waals surface area contributed by atoms with Crippen LogP contribution in [-0.4, -0.2) is 28.5 Å². The molecule has 0 aliphatic heterocycles. The molecular weight excluding hydrogens is 490 g/mol. The Morgan fingerprint density at radius 2 is 1.81 bits per heavy atom. The molecule has 2 aromatic carbocycles. The average molecular weight is 520 g/mol. The molecule has 0 saturated carbocycles. The van der Waals surface area contributed by atoms with E-state index in [1.165, 1.54) is 17.8 Å². The standard InChI is InChI=1S/C28H29N3O5S/c1-15-11-16(2)22-18(13-21(32)36-20(22)12-15)14-37-27-29-24(17-7-9-19(35-6)10-8-17)23(25(33)30-27)26(34)31-28(3,4)5/h7-13H,14H2,1-6H3,(H,31,34)(H,29,30,33). The topological polar surface area (TPSA) is 114 Å². The first-order chi connectivity index (χ1) is 17.4. The van der Waals surface area contributed by atoms with Gasteiger partial charge in [-0.3, -0.25) is 9.59 Å². The van der Waals surface area contributed by atoms with Crippen molar-refractivity contribution in [3.8, 4) is 17.0 Å². The Labute approximate surface area is 218 Å². The number of fused-ring (bicyclic) bond motifs is 1. The van der Waals surface area contributed by atoms with E-state index in [-0.39, 0.29) is 11.3 Å². The molecule has 4 aromatic rings. The SMILES string of the molecule is COc1ccc(-c2nc(SCc3cc(=O)oc4cc(C)cc(C)c34)[nH]c(=O)c2C(=O)NC(C)(C)C)cc1. The Hall–Kier alpha value is -3.85. The van der Waals surface area contributed by atoms with Crippen LogP contribution >= 0.6 is 11.8 Å². The normalized spacial score (nSPS) is 11.5. The second kappa shape index (κ2) is 10.3. The van der Waals surface area contributed by atoms with Crippen LogP contribution in [0.4, 0.5) is 0 Å². The maximum Gasteiger partial charge on any atom is 0.336 e. The number of benzene rings is 2. The largest absolute Gasteiger partial charge is 0.497 e. The highest BCUT2D eigenvalue weighted by Gasteiger charge is 2.24. The lowest BCUT2D eigenvalue weighted by Gasteiger charge is -2.21. The van der Waals surface area contributed by atoms with E-state index in [1.807, 2.05) is 46.8 Å². The number of rotatable bonds is 6. The Kier molecular flexibility index (Phi) is 7.27. The minimum Gasteiger partial charge on any atom is -0.497 e. The Morgan fingerprint density at radius 1 is 1.11 bits per heavy atom. The number of aromatic nitrogens is 2. The monoisotopic (exact) mass is 519 g/mol. The summed E-state index contributed by atoms with van der Waals surface area (Å²) >= 11 is 1.27. The summed E-state index contributed by atoms with van der Waals surface area (Å²) in [5, 5.41) is 4.03. The Bertz CT molecular complexity index is 1600. The van der Waals surface area contributed by atoms with Crippen LogP contribution in [0.3, 0.4) is 0 Å². The maximum atomic E-state index is 13.2. The summed E-state index contributed by atoms with van der Waals surface area (Å²) in [6.45, 7) is 9.44. The summed E-state index contributed by atoms with van der Waals surface area (Å²) in [7, 11) is 1.56. The minimum absolute atomic E-state index is 0.0680. The summed E-state index contributed by atoms with van der Waals surface area (Å²) in [4.78, 5) is 45.9. The van der Waals surface area contributed by atoms with Gasteiger partial charge in [-0.05, 0) is 81.6 Å². The van der Waals surface area contributed by atoms with Gasteiger partial charge in [-0.2, -0.15) is 0 Å². The average Bonchev–Trinajstić information content (AvgIpc) is 2.80. The number of H-pyrrole nitrogens is 1. The van der Waals surface area contributed by atoms with Gasteiger partial charge < -0.3 is 19.5 Å². The van der Waals surface area contributed by atoms with Gasteiger partial charge in [-0.15, -0.1) is 0 Å². The van der Waals surface area contributed by atoms with Crippen molar-refractivity contribution in [2.24, 2.45) is 0 Å². The van der Waals surface area contributed by atoms with Crippen molar-refractivity contribution in [2.75, 3.05) is 7.11 Å². The van der Waals surface area contributed by atoms with Crippen molar-refractivity contribution in [3.63, 3.8) is 0 Å². The first kappa shape index (κ1) is 26.2. The van der Waals surface area contributed by atoms with Crippen molar-refractivity contribution in [3.05, 3.63) is 85.5 Å². The molecule has 0 atom stereocenters. The van der Waals surface area contributed by atoms with Crippen LogP contribution in [-0.2, 0) is 5.75 Å². The predicted molar refractivity (Wildman–Crippen MR) is 146 cm³/mol. The van der Waals surface area contributed by atoms with Gasteiger partial charge in [0.05, 0.1) is 12.8 Å². The van der Waals surface area contributed by atoms with Gasteiger partial charge in [0.1, 0.15) is 16.9 Å². The molecule has 0 radical (unpaired) electrons. The molecule has 8 nitrogen and oxygen atoms in total. The number of amides is 1. The highest BCUT2D eigenvalue weighted by molar-refractivity contribution is 7.98. The molecule has 4 rings (SSSR count). The highest BCUT2D eigenvalue weighted by atomic mass is 32.2. The summed E-state index contributed by atoms with van der Waals surface area (Å²) in [6, 6.07) is 12.3. The molecule has 0 bridgehead atoms. The van der Waals surface area contributed by atoms with Crippen LogP contribution in [0.15, 0.2) is 61.6 Å². The van der Waals surface area contributed by atoms with E-state index in [2.05, 4.69) is 15.3 Å². The third-order valence-corrected chi connectivity index (χ3v) is 6.53. The van der Waals surface area contributed by atoms with Crippen LogP contribution in [0, 0.1) is 13.8 Å². The van der Waals surface area contributed by atoms with Gasteiger partial charge in [-0.1, -0.05) is 17.8 Å². The van der Waals surface area contributed by atoms with Crippen molar-refractivity contribution in [1.82, 2.24) is 15.3 Å². The Balaban J connectivity index is 1.77. The number of hydrogen-bond donors (Lipinski definition) is 2.